The summed E-state index contributed by atoms with van der Waals surface area (Å²) in [5, 5.41) is 2.60. The number of carbonyl (C=O) groups excluding carboxylic acids is 1. The van der Waals surface area contributed by atoms with Crippen LogP contribution in [0.1, 0.15) is 44.1 Å². The monoisotopic (exact) mass is 361 g/mol. The number of amides is 1. The van der Waals surface area contributed by atoms with Gasteiger partial charge in [0.15, 0.2) is 0 Å². The molecule has 146 valence electrons. The molecule has 2 saturated heterocycles. The lowest BCUT2D eigenvalue weighted by molar-refractivity contribution is 0.0958. The van der Waals surface area contributed by atoms with E-state index in [0.717, 1.165) is 37.9 Å². The lowest BCUT2D eigenvalue weighted by Gasteiger charge is -2.39. The smallest absolute Gasteiger partial charge is 0.269 e. The summed E-state index contributed by atoms with van der Waals surface area (Å²) in [6.45, 7) is 14.4. The predicted octanol–water partition coefficient (Wildman–Crippen LogP) is 2.07. The third-order valence-corrected chi connectivity index (χ3v) is 5.10. The maximum absolute atomic E-state index is 11.5. The highest BCUT2D eigenvalue weighted by atomic mass is 16.1. The predicted molar refractivity (Wildman–Crippen MR) is 108 cm³/mol. The normalized spacial score (nSPS) is 21.2. The highest BCUT2D eigenvalue weighted by Crippen LogP contribution is 2.20. The molecule has 1 N–H and O–H groups in total. The Kier molecular flexibility index (Phi) is 8.32. The van der Waals surface area contributed by atoms with E-state index in [1.807, 2.05) is 12.3 Å². The number of aromatic nitrogens is 1. The Labute approximate surface area is 158 Å². The van der Waals surface area contributed by atoms with Gasteiger partial charge in [0.25, 0.3) is 5.91 Å². The van der Waals surface area contributed by atoms with Crippen LogP contribution in [0.4, 0.5) is 5.69 Å². The van der Waals surface area contributed by atoms with Crippen molar-refractivity contribution in [3.63, 3.8) is 0 Å². The summed E-state index contributed by atoms with van der Waals surface area (Å²) in [5.74, 6) is -0.136. The Hall–Kier alpha value is -1.66. The highest BCUT2D eigenvalue weighted by molar-refractivity contribution is 5.92. The molecule has 0 saturated carbocycles. The average Bonchev–Trinajstić information content (AvgIpc) is 3.17. The van der Waals surface area contributed by atoms with E-state index in [-0.39, 0.29) is 5.91 Å². The van der Waals surface area contributed by atoms with Gasteiger partial charge < -0.3 is 15.1 Å². The molecule has 1 aromatic heterocycles. The van der Waals surface area contributed by atoms with E-state index in [4.69, 9.17) is 0 Å². The maximum Gasteiger partial charge on any atom is 0.269 e. The number of likely N-dealkylation sites (tertiary alicyclic amines) is 1. The number of pyridine rings is 1. The maximum atomic E-state index is 11.5. The molecule has 6 nitrogen and oxygen atoms in total. The van der Waals surface area contributed by atoms with E-state index < -0.39 is 0 Å². The number of hydrogen-bond donors (Lipinski definition) is 1. The van der Waals surface area contributed by atoms with Gasteiger partial charge in [0.2, 0.25) is 0 Å². The van der Waals surface area contributed by atoms with E-state index in [1.165, 1.54) is 32.5 Å². The van der Waals surface area contributed by atoms with Gasteiger partial charge in [-0.25, -0.2) is 4.98 Å². The summed E-state index contributed by atoms with van der Waals surface area (Å²) in [6.07, 6.45) is 4.37. The zero-order valence-corrected chi connectivity index (χ0v) is 16.9. The number of piperazine rings is 1. The van der Waals surface area contributed by atoms with Crippen LogP contribution in [-0.4, -0.2) is 79.6 Å². The molecule has 2 aliphatic rings. The Balaban J connectivity index is 0.000000758. The molecule has 1 amide bonds. The van der Waals surface area contributed by atoms with Crippen LogP contribution < -0.4 is 10.2 Å². The van der Waals surface area contributed by atoms with Gasteiger partial charge in [-0.3, -0.25) is 9.69 Å². The second kappa shape index (κ2) is 10.5. The van der Waals surface area contributed by atoms with Crippen LogP contribution in [0.2, 0.25) is 0 Å². The minimum Gasteiger partial charge on any atom is -0.368 e. The Bertz CT molecular complexity index is 540. The van der Waals surface area contributed by atoms with Crippen LogP contribution >= 0.6 is 0 Å². The van der Waals surface area contributed by atoms with Crippen LogP contribution in [0.25, 0.3) is 0 Å². The molecule has 0 aromatic carbocycles. The van der Waals surface area contributed by atoms with E-state index in [1.54, 1.807) is 13.1 Å². The molecule has 1 aromatic rings. The molecule has 2 aliphatic heterocycles. The topological polar surface area (TPSA) is 51.7 Å². The third kappa shape index (κ3) is 5.42. The SMILES string of the molecule is CCC.CCN1CCC(N2CCN(c3ccc(C(=O)NC)nc3)CC2)C1. The van der Waals surface area contributed by atoms with Crippen molar-refractivity contribution >= 4 is 11.6 Å². The molecule has 0 spiro atoms. The fourth-order valence-electron chi connectivity index (χ4n) is 3.58. The van der Waals surface area contributed by atoms with Crippen molar-refractivity contribution in [3.05, 3.63) is 24.0 Å². The largest absolute Gasteiger partial charge is 0.368 e. The van der Waals surface area contributed by atoms with Gasteiger partial charge in [0, 0.05) is 45.8 Å². The molecule has 1 unspecified atom stereocenters. The molecule has 26 heavy (non-hydrogen) atoms. The fourth-order valence-corrected chi connectivity index (χ4v) is 3.58. The lowest BCUT2D eigenvalue weighted by atomic mass is 10.2. The van der Waals surface area contributed by atoms with Gasteiger partial charge >= 0.3 is 0 Å². The number of carbonyl (C=O) groups is 1. The standard InChI is InChI=1S/C17H27N5O.C3H8/c1-3-20-7-6-15(13-20)22-10-8-21(9-11-22)14-4-5-16(19-12-14)17(23)18-2;1-3-2/h4-5,12,15H,3,6-11,13H2,1-2H3,(H,18,23);3H2,1-2H3. The van der Waals surface area contributed by atoms with Gasteiger partial charge in [0.1, 0.15) is 5.69 Å². The number of likely N-dealkylation sites (N-methyl/N-ethyl adjacent to an activating group) is 1. The van der Waals surface area contributed by atoms with E-state index in [9.17, 15) is 4.79 Å². The van der Waals surface area contributed by atoms with Crippen LogP contribution in [0.5, 0.6) is 0 Å². The first-order valence-corrected chi connectivity index (χ1v) is 10.0. The van der Waals surface area contributed by atoms with Crippen molar-refractivity contribution in [1.82, 2.24) is 20.1 Å². The average molecular weight is 362 g/mol. The minimum absolute atomic E-state index is 0.136. The molecule has 0 radical (unpaired) electrons. The molecule has 0 aliphatic carbocycles. The Morgan fingerprint density at radius 1 is 1.15 bits per heavy atom. The quantitative estimate of drug-likeness (QED) is 0.890. The van der Waals surface area contributed by atoms with E-state index >= 15 is 0 Å². The molecule has 1 atom stereocenters. The van der Waals surface area contributed by atoms with Crippen molar-refractivity contribution in [2.45, 2.75) is 39.7 Å². The summed E-state index contributed by atoms with van der Waals surface area (Å²) in [5.41, 5.74) is 1.58. The van der Waals surface area contributed by atoms with Gasteiger partial charge in [-0.1, -0.05) is 27.2 Å². The van der Waals surface area contributed by atoms with Crippen LogP contribution in [-0.2, 0) is 0 Å². The number of hydrogen-bond acceptors (Lipinski definition) is 5. The second-order valence-corrected chi connectivity index (χ2v) is 7.05. The fraction of sp³-hybridized carbons (Fsp3) is 0.700. The van der Waals surface area contributed by atoms with Crippen molar-refractivity contribution < 1.29 is 4.79 Å². The Morgan fingerprint density at radius 2 is 1.85 bits per heavy atom. The first-order valence-electron chi connectivity index (χ1n) is 10.0. The number of nitrogens with one attached hydrogen (secondary N) is 1. The summed E-state index contributed by atoms with van der Waals surface area (Å²) in [4.78, 5) is 23.4. The number of rotatable bonds is 4. The zero-order valence-electron chi connectivity index (χ0n) is 16.9. The first-order chi connectivity index (χ1) is 12.6. The Morgan fingerprint density at radius 3 is 2.35 bits per heavy atom. The van der Waals surface area contributed by atoms with Crippen LogP contribution in [0, 0.1) is 0 Å². The lowest BCUT2D eigenvalue weighted by Crippen LogP contribution is -2.51. The third-order valence-electron chi connectivity index (χ3n) is 5.10. The molecular weight excluding hydrogens is 326 g/mol. The van der Waals surface area contributed by atoms with Crippen molar-refractivity contribution in [2.75, 3.05) is 57.8 Å². The van der Waals surface area contributed by atoms with Crippen molar-refractivity contribution in [3.8, 4) is 0 Å². The summed E-state index contributed by atoms with van der Waals surface area (Å²) in [6, 6.07) is 4.53. The molecule has 3 heterocycles. The molecule has 2 fully saturated rings. The molecule has 3 rings (SSSR count). The number of nitrogens with zero attached hydrogens (tertiary/aromatic N) is 4. The summed E-state index contributed by atoms with van der Waals surface area (Å²) < 4.78 is 0. The van der Waals surface area contributed by atoms with Crippen LogP contribution in [0.15, 0.2) is 18.3 Å². The second-order valence-electron chi connectivity index (χ2n) is 7.05. The van der Waals surface area contributed by atoms with Crippen molar-refractivity contribution in [1.29, 1.82) is 0 Å². The first kappa shape index (κ1) is 20.6. The van der Waals surface area contributed by atoms with Crippen LogP contribution in [0.3, 0.4) is 0 Å². The highest BCUT2D eigenvalue weighted by Gasteiger charge is 2.29. The van der Waals surface area contributed by atoms with Crippen molar-refractivity contribution in [2.24, 2.45) is 0 Å². The van der Waals surface area contributed by atoms with E-state index in [2.05, 4.69) is 45.8 Å². The van der Waals surface area contributed by atoms with Gasteiger partial charge in [0.05, 0.1) is 11.9 Å². The molecule has 0 bridgehead atoms. The molecular formula is C20H35N5O. The van der Waals surface area contributed by atoms with Gasteiger partial charge in [-0.2, -0.15) is 0 Å². The van der Waals surface area contributed by atoms with Gasteiger partial charge in [-0.15, -0.1) is 0 Å². The number of anilines is 1. The summed E-state index contributed by atoms with van der Waals surface area (Å²) >= 11 is 0. The zero-order chi connectivity index (χ0) is 18.9. The van der Waals surface area contributed by atoms with E-state index in [0.29, 0.717) is 5.69 Å². The van der Waals surface area contributed by atoms with Gasteiger partial charge in [-0.05, 0) is 31.6 Å². The minimum atomic E-state index is -0.136. The molecule has 6 heteroatoms. The summed E-state index contributed by atoms with van der Waals surface area (Å²) in [7, 11) is 1.62.